The fourth-order valence-electron chi connectivity index (χ4n) is 1.26. The van der Waals surface area contributed by atoms with E-state index in [0.29, 0.717) is 5.56 Å². The second kappa shape index (κ2) is 5.50. The molecule has 1 rings (SSSR count). The Labute approximate surface area is 104 Å². The highest BCUT2D eigenvalue weighted by molar-refractivity contribution is 5.81. The highest BCUT2D eigenvalue weighted by Crippen LogP contribution is 2.11. The average Bonchev–Trinajstić information content (AvgIpc) is 2.26. The SMILES string of the molecule is CC(O)(CNC(=O)Cc1cccc(O)c1)C(=O)O. The number of aliphatic carboxylic acids is 1. The van der Waals surface area contributed by atoms with Crippen LogP contribution in [0, 0.1) is 0 Å². The Morgan fingerprint density at radius 3 is 2.61 bits per heavy atom. The van der Waals surface area contributed by atoms with Gasteiger partial charge in [0.15, 0.2) is 5.60 Å². The van der Waals surface area contributed by atoms with E-state index in [4.69, 9.17) is 5.11 Å². The monoisotopic (exact) mass is 253 g/mol. The number of phenolic OH excluding ortho intramolecular Hbond substituents is 1. The summed E-state index contributed by atoms with van der Waals surface area (Å²) >= 11 is 0. The van der Waals surface area contributed by atoms with Crippen molar-refractivity contribution in [3.63, 3.8) is 0 Å². The first kappa shape index (κ1) is 14.0. The van der Waals surface area contributed by atoms with Gasteiger partial charge in [-0.25, -0.2) is 4.79 Å². The second-order valence-corrected chi connectivity index (χ2v) is 4.20. The molecule has 18 heavy (non-hydrogen) atoms. The molecule has 0 aromatic heterocycles. The van der Waals surface area contributed by atoms with E-state index < -0.39 is 17.5 Å². The van der Waals surface area contributed by atoms with Gasteiger partial charge in [0.2, 0.25) is 5.91 Å². The number of hydrogen-bond donors (Lipinski definition) is 4. The molecule has 1 amide bonds. The van der Waals surface area contributed by atoms with E-state index in [2.05, 4.69) is 5.32 Å². The van der Waals surface area contributed by atoms with Crippen LogP contribution in [0.1, 0.15) is 12.5 Å². The Kier molecular flexibility index (Phi) is 4.28. The van der Waals surface area contributed by atoms with Gasteiger partial charge in [0, 0.05) is 0 Å². The molecule has 0 bridgehead atoms. The first-order valence-corrected chi connectivity index (χ1v) is 5.31. The minimum atomic E-state index is -1.99. The molecule has 0 aliphatic carbocycles. The predicted molar refractivity (Wildman–Crippen MR) is 63.1 cm³/mol. The molecule has 0 aliphatic heterocycles. The first-order valence-electron chi connectivity index (χ1n) is 5.31. The molecule has 1 aromatic rings. The molecule has 6 heteroatoms. The number of carboxylic acid groups (broad SMARTS) is 1. The lowest BCUT2D eigenvalue weighted by Crippen LogP contribution is -2.46. The largest absolute Gasteiger partial charge is 0.508 e. The lowest BCUT2D eigenvalue weighted by Gasteiger charge is -2.18. The number of amides is 1. The molecule has 4 N–H and O–H groups in total. The van der Waals surface area contributed by atoms with Gasteiger partial charge in [0.25, 0.3) is 0 Å². The molecular weight excluding hydrogens is 238 g/mol. The number of hydrogen-bond acceptors (Lipinski definition) is 4. The van der Waals surface area contributed by atoms with Crippen molar-refractivity contribution in [3.05, 3.63) is 29.8 Å². The summed E-state index contributed by atoms with van der Waals surface area (Å²) in [5, 5.41) is 29.6. The first-order chi connectivity index (χ1) is 8.31. The van der Waals surface area contributed by atoms with Crippen LogP contribution >= 0.6 is 0 Å². The fourth-order valence-corrected chi connectivity index (χ4v) is 1.26. The van der Waals surface area contributed by atoms with Crippen LogP contribution in [0.25, 0.3) is 0 Å². The zero-order valence-electron chi connectivity index (χ0n) is 9.88. The zero-order valence-corrected chi connectivity index (χ0v) is 9.88. The summed E-state index contributed by atoms with van der Waals surface area (Å²) in [5.74, 6) is -1.78. The van der Waals surface area contributed by atoms with Gasteiger partial charge >= 0.3 is 5.97 Å². The minimum absolute atomic E-state index is 0.00407. The van der Waals surface area contributed by atoms with Crippen molar-refractivity contribution in [2.24, 2.45) is 0 Å². The lowest BCUT2D eigenvalue weighted by atomic mass is 10.1. The van der Waals surface area contributed by atoms with Gasteiger partial charge in [-0.2, -0.15) is 0 Å². The molecular formula is C12H15NO5. The predicted octanol–water partition coefficient (Wildman–Crippen LogP) is -0.114. The maximum absolute atomic E-state index is 11.5. The summed E-state index contributed by atoms with van der Waals surface area (Å²) in [6, 6.07) is 6.19. The quantitative estimate of drug-likeness (QED) is 0.585. The summed E-state index contributed by atoms with van der Waals surface area (Å²) in [4.78, 5) is 22.1. The van der Waals surface area contributed by atoms with Gasteiger partial charge in [-0.3, -0.25) is 4.79 Å². The van der Waals surface area contributed by atoms with E-state index in [1.807, 2.05) is 0 Å². The molecule has 6 nitrogen and oxygen atoms in total. The van der Waals surface area contributed by atoms with Gasteiger partial charge in [0.1, 0.15) is 5.75 Å². The van der Waals surface area contributed by atoms with Crippen molar-refractivity contribution in [2.45, 2.75) is 18.9 Å². The molecule has 0 radical (unpaired) electrons. The number of carbonyl (C=O) groups is 2. The third-order valence-electron chi connectivity index (χ3n) is 2.37. The van der Waals surface area contributed by atoms with E-state index in [-0.39, 0.29) is 18.7 Å². The van der Waals surface area contributed by atoms with Gasteiger partial charge in [0.05, 0.1) is 13.0 Å². The fraction of sp³-hybridized carbons (Fsp3) is 0.333. The van der Waals surface area contributed by atoms with Gasteiger partial charge in [-0.1, -0.05) is 12.1 Å². The number of benzene rings is 1. The number of carbonyl (C=O) groups excluding carboxylic acids is 1. The van der Waals surface area contributed by atoms with Crippen LogP contribution in [0.2, 0.25) is 0 Å². The molecule has 1 aromatic carbocycles. The molecule has 1 atom stereocenters. The molecule has 98 valence electrons. The van der Waals surface area contributed by atoms with Crippen molar-refractivity contribution < 1.29 is 24.9 Å². The summed E-state index contributed by atoms with van der Waals surface area (Å²) in [5.41, 5.74) is -1.39. The normalized spacial score (nSPS) is 13.7. The van der Waals surface area contributed by atoms with Crippen LogP contribution < -0.4 is 5.32 Å². The Balaban J connectivity index is 2.50. The summed E-state index contributed by atoms with van der Waals surface area (Å²) < 4.78 is 0. The van der Waals surface area contributed by atoms with Crippen LogP contribution in [-0.2, 0) is 16.0 Å². The molecule has 0 spiro atoms. The maximum atomic E-state index is 11.5. The van der Waals surface area contributed by atoms with Crippen molar-refractivity contribution in [1.82, 2.24) is 5.32 Å². The van der Waals surface area contributed by atoms with E-state index in [0.717, 1.165) is 6.92 Å². The van der Waals surface area contributed by atoms with Crippen molar-refractivity contribution >= 4 is 11.9 Å². The Bertz CT molecular complexity index is 456. The highest BCUT2D eigenvalue weighted by atomic mass is 16.4. The van der Waals surface area contributed by atoms with Crippen LogP contribution in [0.15, 0.2) is 24.3 Å². The number of aliphatic hydroxyl groups is 1. The number of carboxylic acids is 1. The van der Waals surface area contributed by atoms with Crippen LogP contribution in [0.5, 0.6) is 5.75 Å². The Morgan fingerprint density at radius 2 is 2.06 bits per heavy atom. The van der Waals surface area contributed by atoms with E-state index in [1.54, 1.807) is 12.1 Å². The summed E-state index contributed by atoms with van der Waals surface area (Å²) in [7, 11) is 0. The van der Waals surface area contributed by atoms with Gasteiger partial charge in [-0.15, -0.1) is 0 Å². The zero-order chi connectivity index (χ0) is 13.8. The third kappa shape index (κ3) is 4.06. The maximum Gasteiger partial charge on any atom is 0.337 e. The minimum Gasteiger partial charge on any atom is -0.508 e. The van der Waals surface area contributed by atoms with Crippen molar-refractivity contribution in [2.75, 3.05) is 6.54 Å². The van der Waals surface area contributed by atoms with Gasteiger partial charge < -0.3 is 20.6 Å². The van der Waals surface area contributed by atoms with Crippen LogP contribution in [0.4, 0.5) is 0 Å². The molecule has 0 aliphatic rings. The number of aromatic hydroxyl groups is 1. The highest BCUT2D eigenvalue weighted by Gasteiger charge is 2.30. The molecule has 1 unspecified atom stereocenters. The number of nitrogens with one attached hydrogen (secondary N) is 1. The number of phenols is 1. The van der Waals surface area contributed by atoms with Crippen molar-refractivity contribution in [3.8, 4) is 5.75 Å². The molecule has 0 saturated carbocycles. The van der Waals surface area contributed by atoms with Crippen molar-refractivity contribution in [1.29, 1.82) is 0 Å². The van der Waals surface area contributed by atoms with Gasteiger partial charge in [-0.05, 0) is 24.6 Å². The van der Waals surface area contributed by atoms with Crippen LogP contribution in [0.3, 0.4) is 0 Å². The summed E-state index contributed by atoms with van der Waals surface area (Å²) in [6.45, 7) is 0.726. The molecule has 0 heterocycles. The number of rotatable bonds is 5. The second-order valence-electron chi connectivity index (χ2n) is 4.20. The van der Waals surface area contributed by atoms with E-state index >= 15 is 0 Å². The standard InChI is InChI=1S/C12H15NO5/c1-12(18,11(16)17)7-13-10(15)6-8-3-2-4-9(14)5-8/h2-5,14,18H,6-7H2,1H3,(H,13,15)(H,16,17). The Morgan fingerprint density at radius 1 is 1.39 bits per heavy atom. The lowest BCUT2D eigenvalue weighted by molar-refractivity contribution is -0.156. The average molecular weight is 253 g/mol. The topological polar surface area (TPSA) is 107 Å². The van der Waals surface area contributed by atoms with Crippen LogP contribution in [-0.4, -0.2) is 39.3 Å². The Hall–Kier alpha value is -2.08. The summed E-state index contributed by atoms with van der Waals surface area (Å²) in [6.07, 6.45) is 0.00407. The third-order valence-corrected chi connectivity index (χ3v) is 2.37. The van der Waals surface area contributed by atoms with E-state index in [1.165, 1.54) is 12.1 Å². The smallest absolute Gasteiger partial charge is 0.337 e. The van der Waals surface area contributed by atoms with E-state index in [9.17, 15) is 19.8 Å². The molecule has 0 saturated heterocycles. The molecule has 0 fully saturated rings.